The second kappa shape index (κ2) is 4.94. The fourth-order valence-corrected chi connectivity index (χ4v) is 1.01. The molecule has 1 rings (SSSR count). The van der Waals surface area contributed by atoms with Crippen molar-refractivity contribution in [2.75, 3.05) is 27.7 Å². The van der Waals surface area contributed by atoms with Crippen molar-refractivity contribution in [3.63, 3.8) is 0 Å². The van der Waals surface area contributed by atoms with Crippen molar-refractivity contribution in [3.05, 3.63) is 11.9 Å². The number of hydrogen-bond donors (Lipinski definition) is 1. The Kier molecular flexibility index (Phi) is 3.85. The monoisotopic (exact) mass is 183 g/mol. The molecule has 0 aliphatic carbocycles. The Morgan fingerprint density at radius 1 is 1.54 bits per heavy atom. The number of rotatable bonds is 5. The molecule has 74 valence electrons. The molecule has 0 saturated heterocycles. The first kappa shape index (κ1) is 10.1. The molecule has 0 aliphatic heterocycles. The second-order valence-corrected chi connectivity index (χ2v) is 3.31. The van der Waals surface area contributed by atoms with Gasteiger partial charge in [0.2, 0.25) is 0 Å². The largest absolute Gasteiger partial charge is 0.314 e. The van der Waals surface area contributed by atoms with Crippen LogP contribution in [0.25, 0.3) is 0 Å². The van der Waals surface area contributed by atoms with Gasteiger partial charge in [0.05, 0.1) is 12.2 Å². The first-order valence-corrected chi connectivity index (χ1v) is 4.40. The molecule has 0 spiro atoms. The summed E-state index contributed by atoms with van der Waals surface area (Å²) in [6.07, 6.45) is 1.97. The van der Waals surface area contributed by atoms with Gasteiger partial charge in [-0.05, 0) is 21.1 Å². The molecule has 0 radical (unpaired) electrons. The van der Waals surface area contributed by atoms with Gasteiger partial charge in [-0.2, -0.15) is 0 Å². The van der Waals surface area contributed by atoms with Crippen LogP contribution in [0.3, 0.4) is 0 Å². The molecular weight excluding hydrogens is 166 g/mol. The number of nitrogens with one attached hydrogen (secondary N) is 1. The molecule has 0 unspecified atom stereocenters. The van der Waals surface area contributed by atoms with Crippen LogP contribution >= 0.6 is 0 Å². The minimum Gasteiger partial charge on any atom is -0.314 e. The Morgan fingerprint density at radius 3 is 2.92 bits per heavy atom. The Labute approximate surface area is 78.7 Å². The van der Waals surface area contributed by atoms with Gasteiger partial charge in [-0.3, -0.25) is 4.68 Å². The third-order valence-electron chi connectivity index (χ3n) is 1.72. The fourth-order valence-electron chi connectivity index (χ4n) is 1.01. The molecule has 0 saturated carbocycles. The Hall–Kier alpha value is -0.940. The standard InChI is InChI=1S/C8H17N5/c1-9-6-8-7-13(11-10-8)5-4-12(2)3/h7,9H,4-6H2,1-3H3. The quantitative estimate of drug-likeness (QED) is 0.672. The van der Waals surface area contributed by atoms with Gasteiger partial charge in [-0.1, -0.05) is 5.21 Å². The van der Waals surface area contributed by atoms with Crippen LogP contribution in [-0.2, 0) is 13.1 Å². The van der Waals surface area contributed by atoms with Crippen molar-refractivity contribution >= 4 is 0 Å². The van der Waals surface area contributed by atoms with E-state index >= 15 is 0 Å². The molecular formula is C8H17N5. The number of aromatic nitrogens is 3. The number of nitrogens with zero attached hydrogens (tertiary/aromatic N) is 4. The molecule has 1 aromatic rings. The zero-order chi connectivity index (χ0) is 9.68. The lowest BCUT2D eigenvalue weighted by Crippen LogP contribution is -2.18. The summed E-state index contributed by atoms with van der Waals surface area (Å²) in [5, 5.41) is 11.1. The molecule has 0 aromatic carbocycles. The van der Waals surface area contributed by atoms with Crippen molar-refractivity contribution in [2.24, 2.45) is 0 Å². The predicted octanol–water partition coefficient (Wildman–Crippen LogP) is -0.441. The average Bonchev–Trinajstić information content (AvgIpc) is 2.50. The predicted molar refractivity (Wildman–Crippen MR) is 51.3 cm³/mol. The third kappa shape index (κ3) is 3.52. The number of hydrogen-bond acceptors (Lipinski definition) is 4. The molecule has 0 aliphatic rings. The van der Waals surface area contributed by atoms with Crippen LogP contribution in [-0.4, -0.2) is 47.6 Å². The third-order valence-corrected chi connectivity index (χ3v) is 1.72. The topological polar surface area (TPSA) is 46.0 Å². The molecule has 1 heterocycles. The SMILES string of the molecule is CNCc1cn(CCN(C)C)nn1. The summed E-state index contributed by atoms with van der Waals surface area (Å²) in [5.74, 6) is 0. The van der Waals surface area contributed by atoms with Crippen molar-refractivity contribution < 1.29 is 0 Å². The van der Waals surface area contributed by atoms with Gasteiger partial charge in [0.1, 0.15) is 0 Å². The molecule has 5 heteroatoms. The Morgan fingerprint density at radius 2 is 2.31 bits per heavy atom. The van der Waals surface area contributed by atoms with E-state index in [2.05, 4.69) is 20.5 Å². The summed E-state index contributed by atoms with van der Waals surface area (Å²) >= 11 is 0. The van der Waals surface area contributed by atoms with Crippen LogP contribution in [0.15, 0.2) is 6.20 Å². The van der Waals surface area contributed by atoms with E-state index in [1.165, 1.54) is 0 Å². The van der Waals surface area contributed by atoms with E-state index in [9.17, 15) is 0 Å². The Balaban J connectivity index is 2.39. The van der Waals surface area contributed by atoms with Gasteiger partial charge in [0, 0.05) is 19.3 Å². The van der Waals surface area contributed by atoms with Crippen LogP contribution in [0.2, 0.25) is 0 Å². The van der Waals surface area contributed by atoms with Gasteiger partial charge >= 0.3 is 0 Å². The van der Waals surface area contributed by atoms with E-state index in [1.807, 2.05) is 32.0 Å². The summed E-state index contributed by atoms with van der Waals surface area (Å²) in [5.41, 5.74) is 0.987. The summed E-state index contributed by atoms with van der Waals surface area (Å²) in [4.78, 5) is 2.12. The summed E-state index contributed by atoms with van der Waals surface area (Å²) < 4.78 is 1.87. The zero-order valence-corrected chi connectivity index (χ0v) is 8.49. The minimum atomic E-state index is 0.780. The molecule has 5 nitrogen and oxygen atoms in total. The summed E-state index contributed by atoms with van der Waals surface area (Å²) in [7, 11) is 6.00. The minimum absolute atomic E-state index is 0.780. The molecule has 0 atom stereocenters. The summed E-state index contributed by atoms with van der Waals surface area (Å²) in [6.45, 7) is 2.66. The van der Waals surface area contributed by atoms with Crippen LogP contribution in [0.4, 0.5) is 0 Å². The van der Waals surface area contributed by atoms with Gasteiger partial charge in [0.15, 0.2) is 0 Å². The average molecular weight is 183 g/mol. The molecule has 13 heavy (non-hydrogen) atoms. The maximum absolute atomic E-state index is 4.02. The van der Waals surface area contributed by atoms with Crippen molar-refractivity contribution in [2.45, 2.75) is 13.1 Å². The van der Waals surface area contributed by atoms with Crippen molar-refractivity contribution in [1.29, 1.82) is 0 Å². The lowest BCUT2D eigenvalue weighted by atomic mass is 10.5. The molecule has 1 aromatic heterocycles. The van der Waals surface area contributed by atoms with E-state index in [-0.39, 0.29) is 0 Å². The van der Waals surface area contributed by atoms with Crippen molar-refractivity contribution in [3.8, 4) is 0 Å². The normalized spacial score (nSPS) is 11.1. The van der Waals surface area contributed by atoms with Crippen molar-refractivity contribution in [1.82, 2.24) is 25.2 Å². The van der Waals surface area contributed by atoms with Crippen LogP contribution < -0.4 is 5.32 Å². The molecule has 0 bridgehead atoms. The summed E-state index contributed by atoms with van der Waals surface area (Å²) in [6, 6.07) is 0. The van der Waals surface area contributed by atoms with Gasteiger partial charge < -0.3 is 10.2 Å². The molecule has 1 N–H and O–H groups in total. The number of likely N-dealkylation sites (N-methyl/N-ethyl adjacent to an activating group) is 1. The van der Waals surface area contributed by atoms with Gasteiger partial charge in [-0.15, -0.1) is 5.10 Å². The zero-order valence-electron chi connectivity index (χ0n) is 8.49. The Bertz CT molecular complexity index is 242. The lowest BCUT2D eigenvalue weighted by molar-refractivity contribution is 0.370. The maximum Gasteiger partial charge on any atom is 0.0964 e. The molecule has 0 fully saturated rings. The van der Waals surface area contributed by atoms with E-state index in [0.29, 0.717) is 0 Å². The van der Waals surface area contributed by atoms with E-state index < -0.39 is 0 Å². The maximum atomic E-state index is 4.02. The van der Waals surface area contributed by atoms with E-state index in [1.54, 1.807) is 0 Å². The first-order chi connectivity index (χ1) is 6.22. The molecule has 0 amide bonds. The van der Waals surface area contributed by atoms with Gasteiger partial charge in [-0.25, -0.2) is 0 Å². The second-order valence-electron chi connectivity index (χ2n) is 3.31. The highest BCUT2D eigenvalue weighted by Gasteiger charge is 1.98. The smallest absolute Gasteiger partial charge is 0.0964 e. The lowest BCUT2D eigenvalue weighted by Gasteiger charge is -2.07. The highest BCUT2D eigenvalue weighted by molar-refractivity contribution is 4.90. The van der Waals surface area contributed by atoms with E-state index in [0.717, 1.165) is 25.3 Å². The van der Waals surface area contributed by atoms with Gasteiger partial charge in [0.25, 0.3) is 0 Å². The van der Waals surface area contributed by atoms with Crippen LogP contribution in [0.1, 0.15) is 5.69 Å². The first-order valence-electron chi connectivity index (χ1n) is 4.40. The van der Waals surface area contributed by atoms with Crippen LogP contribution in [0.5, 0.6) is 0 Å². The van der Waals surface area contributed by atoms with E-state index in [4.69, 9.17) is 0 Å². The highest BCUT2D eigenvalue weighted by atomic mass is 15.4. The highest BCUT2D eigenvalue weighted by Crippen LogP contribution is 1.92. The fraction of sp³-hybridized carbons (Fsp3) is 0.750. The van der Waals surface area contributed by atoms with Crippen LogP contribution in [0, 0.1) is 0 Å².